The molecule has 0 unspecified atom stereocenters. The molecular weight excluding hydrogens is 257 g/mol. The molecule has 108 valence electrons. The summed E-state index contributed by atoms with van der Waals surface area (Å²) in [5.74, 6) is -0.0587. The number of rotatable bonds is 5. The molecule has 0 fully saturated rings. The third-order valence-corrected chi connectivity index (χ3v) is 2.78. The Balaban J connectivity index is 2.03. The molecule has 3 N–H and O–H groups in total. The van der Waals surface area contributed by atoms with Crippen molar-refractivity contribution >= 4 is 5.82 Å². The molecule has 2 aromatic rings. The molecule has 0 radical (unpaired) electrons. The van der Waals surface area contributed by atoms with Crippen molar-refractivity contribution in [2.75, 3.05) is 5.32 Å². The molecule has 0 bridgehead atoms. The number of nitrogens with one attached hydrogen (secondary N) is 3. The number of imidazole rings is 1. The number of hydrogen-bond acceptors (Lipinski definition) is 4. The van der Waals surface area contributed by atoms with Gasteiger partial charge >= 0.3 is 0 Å². The van der Waals surface area contributed by atoms with Gasteiger partial charge < -0.3 is 15.6 Å². The molecule has 0 atom stereocenters. The summed E-state index contributed by atoms with van der Waals surface area (Å²) in [5.41, 5.74) is 1.42. The van der Waals surface area contributed by atoms with Crippen LogP contribution in [-0.4, -0.2) is 20.5 Å². The summed E-state index contributed by atoms with van der Waals surface area (Å²) >= 11 is 0. The minimum absolute atomic E-state index is 0.0563. The summed E-state index contributed by atoms with van der Waals surface area (Å²) in [6.45, 7) is 7.06. The van der Waals surface area contributed by atoms with E-state index in [9.17, 15) is 4.39 Å². The molecule has 0 aliphatic rings. The van der Waals surface area contributed by atoms with Gasteiger partial charge in [0.1, 0.15) is 0 Å². The number of aromatic nitrogens is 3. The van der Waals surface area contributed by atoms with Gasteiger partial charge in [0, 0.05) is 30.0 Å². The summed E-state index contributed by atoms with van der Waals surface area (Å²) in [7, 11) is 0. The quantitative estimate of drug-likeness (QED) is 0.785. The van der Waals surface area contributed by atoms with E-state index < -0.39 is 0 Å². The summed E-state index contributed by atoms with van der Waals surface area (Å²) in [6.07, 6.45) is 4.89. The first-order valence-electron chi connectivity index (χ1n) is 6.55. The van der Waals surface area contributed by atoms with E-state index in [0.29, 0.717) is 18.7 Å². The van der Waals surface area contributed by atoms with Crippen molar-refractivity contribution in [2.45, 2.75) is 39.4 Å². The van der Waals surface area contributed by atoms with Gasteiger partial charge in [-0.2, -0.15) is 0 Å². The van der Waals surface area contributed by atoms with Gasteiger partial charge in [-0.05, 0) is 26.8 Å². The molecule has 0 aliphatic heterocycles. The topological polar surface area (TPSA) is 65.6 Å². The summed E-state index contributed by atoms with van der Waals surface area (Å²) in [4.78, 5) is 10.9. The second kappa shape index (κ2) is 6.00. The normalized spacial score (nSPS) is 11.6. The second-order valence-corrected chi connectivity index (χ2v) is 5.67. The van der Waals surface area contributed by atoms with E-state index in [4.69, 9.17) is 0 Å². The lowest BCUT2D eigenvalue weighted by Crippen LogP contribution is -2.35. The van der Waals surface area contributed by atoms with Crippen LogP contribution in [0.3, 0.4) is 0 Å². The molecule has 2 aromatic heterocycles. The maximum Gasteiger partial charge on any atom is 0.169 e. The van der Waals surface area contributed by atoms with E-state index in [0.717, 1.165) is 5.69 Å². The number of pyridine rings is 1. The fraction of sp³-hybridized carbons (Fsp3) is 0.429. The van der Waals surface area contributed by atoms with Crippen molar-refractivity contribution < 1.29 is 4.39 Å². The van der Waals surface area contributed by atoms with Gasteiger partial charge in [0.05, 0.1) is 18.6 Å². The zero-order valence-electron chi connectivity index (χ0n) is 12.0. The number of anilines is 1. The van der Waals surface area contributed by atoms with Crippen LogP contribution < -0.4 is 10.6 Å². The first-order chi connectivity index (χ1) is 9.46. The van der Waals surface area contributed by atoms with Crippen LogP contribution in [0.15, 0.2) is 24.8 Å². The smallest absolute Gasteiger partial charge is 0.169 e. The molecular formula is C14H20FN5. The molecule has 0 aromatic carbocycles. The largest absolute Gasteiger partial charge is 0.362 e. The van der Waals surface area contributed by atoms with E-state index in [1.54, 1.807) is 24.8 Å². The maximum atomic E-state index is 14.3. The Morgan fingerprint density at radius 3 is 2.75 bits per heavy atom. The van der Waals surface area contributed by atoms with Gasteiger partial charge in [-0.15, -0.1) is 0 Å². The lowest BCUT2D eigenvalue weighted by molar-refractivity contribution is 0.418. The lowest BCUT2D eigenvalue weighted by Gasteiger charge is -2.21. The molecule has 0 aliphatic carbocycles. The fourth-order valence-corrected chi connectivity index (χ4v) is 1.66. The van der Waals surface area contributed by atoms with Gasteiger partial charge in [0.2, 0.25) is 0 Å². The standard InChI is InChI=1S/C14H20FN5/c1-14(2,3)20-6-10-4-5-17-13(12(10)15)18-8-11-7-16-9-19-11/h4-5,7,9,20H,6,8H2,1-3H3,(H,16,19)(H,17,18). The number of halogens is 1. The monoisotopic (exact) mass is 277 g/mol. The van der Waals surface area contributed by atoms with Crippen molar-refractivity contribution in [1.82, 2.24) is 20.3 Å². The predicted molar refractivity (Wildman–Crippen MR) is 76.7 cm³/mol. The van der Waals surface area contributed by atoms with E-state index in [2.05, 4.69) is 25.6 Å². The van der Waals surface area contributed by atoms with Crippen LogP contribution >= 0.6 is 0 Å². The zero-order valence-corrected chi connectivity index (χ0v) is 12.0. The highest BCUT2D eigenvalue weighted by Gasteiger charge is 2.13. The van der Waals surface area contributed by atoms with Gasteiger partial charge in [-0.3, -0.25) is 0 Å². The molecule has 5 nitrogen and oxygen atoms in total. The molecule has 2 heterocycles. The summed E-state index contributed by atoms with van der Waals surface area (Å²) in [6, 6.07) is 1.69. The van der Waals surface area contributed by atoms with Crippen LogP contribution in [0.1, 0.15) is 32.0 Å². The van der Waals surface area contributed by atoms with Crippen LogP contribution in [-0.2, 0) is 13.1 Å². The predicted octanol–water partition coefficient (Wildman–Crippen LogP) is 2.44. The second-order valence-electron chi connectivity index (χ2n) is 5.67. The Labute approximate surface area is 118 Å². The Kier molecular flexibility index (Phi) is 4.34. The number of aromatic amines is 1. The first kappa shape index (κ1) is 14.5. The van der Waals surface area contributed by atoms with Crippen molar-refractivity contribution in [3.05, 3.63) is 41.9 Å². The maximum absolute atomic E-state index is 14.3. The Bertz CT molecular complexity index is 545. The van der Waals surface area contributed by atoms with E-state index in [-0.39, 0.29) is 17.2 Å². The fourth-order valence-electron chi connectivity index (χ4n) is 1.66. The molecule has 0 spiro atoms. The van der Waals surface area contributed by atoms with Gasteiger partial charge in [-0.25, -0.2) is 14.4 Å². The average Bonchev–Trinajstić information content (AvgIpc) is 2.88. The third-order valence-electron chi connectivity index (χ3n) is 2.78. The molecule has 0 saturated carbocycles. The van der Waals surface area contributed by atoms with E-state index in [1.165, 1.54) is 0 Å². The Morgan fingerprint density at radius 1 is 1.30 bits per heavy atom. The van der Waals surface area contributed by atoms with Crippen LogP contribution in [0.5, 0.6) is 0 Å². The van der Waals surface area contributed by atoms with E-state index in [1.807, 2.05) is 20.8 Å². The van der Waals surface area contributed by atoms with Crippen LogP contribution in [0, 0.1) is 5.82 Å². The molecule has 20 heavy (non-hydrogen) atoms. The lowest BCUT2D eigenvalue weighted by atomic mass is 10.1. The first-order valence-corrected chi connectivity index (χ1v) is 6.55. The Hall–Kier alpha value is -1.95. The molecule has 0 saturated heterocycles. The third kappa shape index (κ3) is 4.03. The number of nitrogens with zero attached hydrogens (tertiary/aromatic N) is 2. The minimum atomic E-state index is -0.316. The van der Waals surface area contributed by atoms with Gasteiger partial charge in [0.15, 0.2) is 11.6 Å². The van der Waals surface area contributed by atoms with Crippen molar-refractivity contribution in [3.8, 4) is 0 Å². The molecule has 2 rings (SSSR count). The van der Waals surface area contributed by atoms with Crippen molar-refractivity contribution in [3.63, 3.8) is 0 Å². The molecule has 6 heteroatoms. The zero-order chi connectivity index (χ0) is 14.6. The van der Waals surface area contributed by atoms with Gasteiger partial charge in [0.25, 0.3) is 0 Å². The highest BCUT2D eigenvalue weighted by molar-refractivity contribution is 5.40. The Morgan fingerprint density at radius 2 is 2.10 bits per heavy atom. The minimum Gasteiger partial charge on any atom is -0.362 e. The highest BCUT2D eigenvalue weighted by Crippen LogP contribution is 2.16. The number of hydrogen-bond donors (Lipinski definition) is 3. The van der Waals surface area contributed by atoms with Crippen LogP contribution in [0.2, 0.25) is 0 Å². The summed E-state index contributed by atoms with van der Waals surface area (Å²) < 4.78 is 14.3. The SMILES string of the molecule is CC(C)(C)NCc1ccnc(NCc2cnc[nH]2)c1F. The van der Waals surface area contributed by atoms with Gasteiger partial charge in [-0.1, -0.05) is 0 Å². The van der Waals surface area contributed by atoms with Crippen LogP contribution in [0.4, 0.5) is 10.2 Å². The highest BCUT2D eigenvalue weighted by atomic mass is 19.1. The van der Waals surface area contributed by atoms with Crippen molar-refractivity contribution in [2.24, 2.45) is 0 Å². The van der Waals surface area contributed by atoms with E-state index >= 15 is 0 Å². The van der Waals surface area contributed by atoms with Crippen molar-refractivity contribution in [1.29, 1.82) is 0 Å². The molecule has 0 amide bonds. The van der Waals surface area contributed by atoms with Crippen LogP contribution in [0.25, 0.3) is 0 Å². The number of H-pyrrole nitrogens is 1. The average molecular weight is 277 g/mol. The summed E-state index contributed by atoms with van der Waals surface area (Å²) in [5, 5.41) is 6.23.